The predicted molar refractivity (Wildman–Crippen MR) is 108 cm³/mol. The van der Waals surface area contributed by atoms with Gasteiger partial charge in [0, 0.05) is 31.1 Å². The van der Waals surface area contributed by atoms with E-state index in [2.05, 4.69) is 10.2 Å². The molecule has 1 heterocycles. The second-order valence-corrected chi connectivity index (χ2v) is 7.74. The number of hydrogen-bond donors (Lipinski definition) is 3. The van der Waals surface area contributed by atoms with E-state index in [1.165, 1.54) is 6.07 Å². The molecule has 9 nitrogen and oxygen atoms in total. The summed E-state index contributed by atoms with van der Waals surface area (Å²) < 4.78 is 13.6. The number of carbonyl (C=O) groups is 3. The van der Waals surface area contributed by atoms with Crippen LogP contribution in [0.15, 0.2) is 18.2 Å². The van der Waals surface area contributed by atoms with E-state index in [-0.39, 0.29) is 29.4 Å². The summed E-state index contributed by atoms with van der Waals surface area (Å²) in [5.74, 6) is -1.56. The number of nitriles is 1. The Bertz CT molecular complexity index is 844. The zero-order valence-corrected chi connectivity index (χ0v) is 17.3. The average molecular weight is 434 g/mol. The van der Waals surface area contributed by atoms with Gasteiger partial charge in [0.15, 0.2) is 0 Å². The highest BCUT2D eigenvalue weighted by molar-refractivity contribution is 5.95. The minimum Gasteiger partial charge on any atom is -0.483 e. The fourth-order valence-electron chi connectivity index (χ4n) is 3.93. The van der Waals surface area contributed by atoms with Crippen molar-refractivity contribution in [2.24, 2.45) is 5.92 Å². The van der Waals surface area contributed by atoms with Gasteiger partial charge in [0.1, 0.15) is 5.82 Å². The van der Waals surface area contributed by atoms with Gasteiger partial charge in [-0.05, 0) is 51.1 Å². The lowest BCUT2D eigenvalue weighted by Gasteiger charge is -2.24. The van der Waals surface area contributed by atoms with Crippen LogP contribution in [0, 0.1) is 23.1 Å². The zero-order chi connectivity index (χ0) is 23.0. The Morgan fingerprint density at radius 3 is 2.61 bits per heavy atom. The Kier molecular flexibility index (Phi) is 8.90. The Labute approximate surface area is 180 Å². The zero-order valence-electron chi connectivity index (χ0n) is 17.3. The van der Waals surface area contributed by atoms with Crippen molar-refractivity contribution in [3.8, 4) is 6.07 Å². The standard InChI is InChI=1S/C20H25FN4O3.CH2O2/c1-24-3-2-4-25(6-5-24)20(28)15-10-17(18(26)11-15)23-19(27)14-7-13(12-22)8-16(21)9-14;2-1-3/h7-9,15,17-18,26H,2-6,10-11H2,1H3,(H,23,27);1H,(H,2,3)/t15-,17-,18-;/m0./s1. The number of carbonyl (C=O) groups excluding carboxylic acids is 2. The summed E-state index contributed by atoms with van der Waals surface area (Å²) in [6.07, 6.45) is 0.719. The Morgan fingerprint density at radius 2 is 1.94 bits per heavy atom. The van der Waals surface area contributed by atoms with E-state index in [1.54, 1.807) is 0 Å². The monoisotopic (exact) mass is 434 g/mol. The Balaban J connectivity index is 0.00000107. The molecule has 0 spiro atoms. The molecule has 0 aromatic heterocycles. The molecule has 1 saturated carbocycles. The largest absolute Gasteiger partial charge is 0.483 e. The van der Waals surface area contributed by atoms with E-state index < -0.39 is 23.9 Å². The van der Waals surface area contributed by atoms with Gasteiger partial charge in [-0.25, -0.2) is 4.39 Å². The second-order valence-electron chi connectivity index (χ2n) is 7.74. The smallest absolute Gasteiger partial charge is 0.290 e. The first-order valence-electron chi connectivity index (χ1n) is 10.0. The Hall–Kier alpha value is -3.03. The van der Waals surface area contributed by atoms with E-state index >= 15 is 0 Å². The molecule has 1 aliphatic heterocycles. The number of nitrogens with zero attached hydrogens (tertiary/aromatic N) is 3. The van der Waals surface area contributed by atoms with E-state index in [0.29, 0.717) is 25.9 Å². The number of likely N-dealkylation sites (N-methyl/N-ethyl adjacent to an activating group) is 1. The van der Waals surface area contributed by atoms with E-state index in [1.807, 2.05) is 18.0 Å². The van der Waals surface area contributed by atoms with Crippen molar-refractivity contribution < 1.29 is 29.0 Å². The number of nitrogens with one attached hydrogen (secondary N) is 1. The quantitative estimate of drug-likeness (QED) is 0.588. The highest BCUT2D eigenvalue weighted by Crippen LogP contribution is 2.28. The van der Waals surface area contributed by atoms with Crippen molar-refractivity contribution in [1.29, 1.82) is 5.26 Å². The second kappa shape index (κ2) is 11.4. The average Bonchev–Trinajstić information content (AvgIpc) is 2.95. The van der Waals surface area contributed by atoms with E-state index in [0.717, 1.165) is 31.6 Å². The number of halogens is 1. The highest BCUT2D eigenvalue weighted by atomic mass is 19.1. The first kappa shape index (κ1) is 24.2. The van der Waals surface area contributed by atoms with Crippen molar-refractivity contribution in [3.63, 3.8) is 0 Å². The number of aliphatic hydroxyl groups is 1. The number of benzene rings is 1. The van der Waals surface area contributed by atoms with Crippen LogP contribution in [0.2, 0.25) is 0 Å². The summed E-state index contributed by atoms with van der Waals surface area (Å²) in [4.78, 5) is 37.7. The van der Waals surface area contributed by atoms with Gasteiger partial charge in [-0.2, -0.15) is 5.26 Å². The van der Waals surface area contributed by atoms with E-state index in [4.69, 9.17) is 15.2 Å². The third kappa shape index (κ3) is 6.73. The molecule has 2 amide bonds. The highest BCUT2D eigenvalue weighted by Gasteiger charge is 2.39. The molecule has 168 valence electrons. The predicted octanol–water partition coefficient (Wildman–Crippen LogP) is 0.432. The summed E-state index contributed by atoms with van der Waals surface area (Å²) >= 11 is 0. The maximum atomic E-state index is 13.6. The molecule has 3 N–H and O–H groups in total. The normalized spacial score (nSPS) is 23.7. The first-order chi connectivity index (χ1) is 14.8. The van der Waals surface area contributed by atoms with Crippen LogP contribution >= 0.6 is 0 Å². The third-order valence-electron chi connectivity index (χ3n) is 5.51. The lowest BCUT2D eigenvalue weighted by molar-refractivity contribution is -0.135. The molecule has 10 heteroatoms. The molecule has 0 unspecified atom stereocenters. The molecule has 3 rings (SSSR count). The molecule has 1 saturated heterocycles. The molecule has 2 aliphatic rings. The van der Waals surface area contributed by atoms with Gasteiger partial charge in [-0.15, -0.1) is 0 Å². The van der Waals surface area contributed by atoms with Crippen molar-refractivity contribution in [1.82, 2.24) is 15.1 Å². The van der Waals surface area contributed by atoms with E-state index in [9.17, 15) is 19.1 Å². The molecule has 1 aromatic rings. The maximum absolute atomic E-state index is 13.6. The van der Waals surface area contributed by atoms with Gasteiger partial charge in [0.25, 0.3) is 12.4 Å². The van der Waals surface area contributed by atoms with Gasteiger partial charge in [-0.1, -0.05) is 0 Å². The topological polar surface area (TPSA) is 134 Å². The lowest BCUT2D eigenvalue weighted by Crippen LogP contribution is -2.40. The van der Waals surface area contributed by atoms with Crippen molar-refractivity contribution in [2.45, 2.75) is 31.4 Å². The number of hydrogen-bond acceptors (Lipinski definition) is 6. The van der Waals surface area contributed by atoms with Crippen LogP contribution in [0.4, 0.5) is 4.39 Å². The first-order valence-corrected chi connectivity index (χ1v) is 10.0. The fourth-order valence-corrected chi connectivity index (χ4v) is 3.93. The lowest BCUT2D eigenvalue weighted by atomic mass is 10.1. The van der Waals surface area contributed by atoms with Crippen molar-refractivity contribution in [2.75, 3.05) is 33.2 Å². The molecule has 3 atom stereocenters. The summed E-state index contributed by atoms with van der Waals surface area (Å²) in [6.45, 7) is 2.89. The number of amides is 2. The number of rotatable bonds is 3. The molecule has 0 bridgehead atoms. The number of aliphatic hydroxyl groups excluding tert-OH is 1. The molecule has 31 heavy (non-hydrogen) atoms. The summed E-state index contributed by atoms with van der Waals surface area (Å²) in [5, 5.41) is 28.8. The van der Waals surface area contributed by atoms with Gasteiger partial charge in [0.05, 0.1) is 23.8 Å². The van der Waals surface area contributed by atoms with Crippen molar-refractivity contribution in [3.05, 3.63) is 35.1 Å². The van der Waals surface area contributed by atoms with Crippen LogP contribution in [0.3, 0.4) is 0 Å². The number of carboxylic acid groups (broad SMARTS) is 1. The molecule has 1 aliphatic carbocycles. The molecular weight excluding hydrogens is 407 g/mol. The van der Waals surface area contributed by atoms with Gasteiger partial charge in [0.2, 0.25) is 5.91 Å². The van der Waals surface area contributed by atoms with Crippen LogP contribution in [-0.4, -0.2) is 83.7 Å². The fraction of sp³-hybridized carbons (Fsp3) is 0.524. The van der Waals surface area contributed by atoms with Gasteiger partial charge < -0.3 is 25.3 Å². The maximum Gasteiger partial charge on any atom is 0.290 e. The summed E-state index contributed by atoms with van der Waals surface area (Å²) in [7, 11) is 2.03. The molecule has 0 radical (unpaired) electrons. The third-order valence-corrected chi connectivity index (χ3v) is 5.51. The summed E-state index contributed by atoms with van der Waals surface area (Å²) in [6, 6.07) is 4.63. The van der Waals surface area contributed by atoms with Crippen molar-refractivity contribution >= 4 is 18.3 Å². The van der Waals surface area contributed by atoms with Gasteiger partial charge in [-0.3, -0.25) is 14.4 Å². The molecule has 2 fully saturated rings. The van der Waals surface area contributed by atoms with Gasteiger partial charge >= 0.3 is 0 Å². The van der Waals surface area contributed by atoms with Crippen LogP contribution in [0.5, 0.6) is 0 Å². The van der Waals surface area contributed by atoms with Crippen LogP contribution < -0.4 is 5.32 Å². The van der Waals surface area contributed by atoms with Crippen LogP contribution in [0.25, 0.3) is 0 Å². The minimum absolute atomic E-state index is 0.0172. The minimum atomic E-state index is -0.837. The van der Waals surface area contributed by atoms with Crippen LogP contribution in [0.1, 0.15) is 35.2 Å². The summed E-state index contributed by atoms with van der Waals surface area (Å²) in [5.41, 5.74) is 0.0744. The molecule has 1 aromatic carbocycles. The van der Waals surface area contributed by atoms with Crippen LogP contribution in [-0.2, 0) is 9.59 Å². The Morgan fingerprint density at radius 1 is 1.23 bits per heavy atom. The molecular formula is C21H27FN4O5. The SMILES string of the molecule is CN1CCCN(C(=O)[C@H]2C[C@H](NC(=O)c3cc(F)cc(C#N)c3)[C@@H](O)C2)CC1.O=CO.